The number of hydrogen-bond acceptors (Lipinski definition) is 5. The summed E-state index contributed by atoms with van der Waals surface area (Å²) in [5, 5.41) is -0.329. The predicted molar refractivity (Wildman–Crippen MR) is 125 cm³/mol. The predicted octanol–water partition coefficient (Wildman–Crippen LogP) is 4.82. The zero-order valence-corrected chi connectivity index (χ0v) is 18.5. The largest absolute Gasteiger partial charge is 0.336 e. The number of nitrogens with zero attached hydrogens (tertiary/aromatic N) is 3. The van der Waals surface area contributed by atoms with Gasteiger partial charge in [-0.05, 0) is 54.3 Å². The number of aromatic nitrogens is 1. The molecule has 0 N–H and O–H groups in total. The Kier molecular flexibility index (Phi) is 7.17. The standard InChI is InChI=1S/C25H25N3O3S/c29-23(27-16-5-4-12-21(27)20-11-7-15-26-18-20)14-17-28-24(30)22(32-25(28)31)13-6-10-19-8-2-1-3-9-19/h1-3,6-11,13,15,18,21H,4-5,12,14,16-17H2/b10-6+,22-13+/t21-/m1/s1. The highest BCUT2D eigenvalue weighted by Gasteiger charge is 2.36. The van der Waals surface area contributed by atoms with Gasteiger partial charge in [0.05, 0.1) is 10.9 Å². The first-order valence-corrected chi connectivity index (χ1v) is 11.6. The van der Waals surface area contributed by atoms with Crippen molar-refractivity contribution in [2.45, 2.75) is 31.7 Å². The van der Waals surface area contributed by atoms with E-state index in [2.05, 4.69) is 4.98 Å². The molecule has 2 aliphatic rings. The molecule has 3 heterocycles. The van der Waals surface area contributed by atoms with Gasteiger partial charge in [0, 0.05) is 31.9 Å². The lowest BCUT2D eigenvalue weighted by Crippen LogP contribution is -2.40. The van der Waals surface area contributed by atoms with Crippen LogP contribution in [0.2, 0.25) is 0 Å². The number of benzene rings is 1. The minimum Gasteiger partial charge on any atom is -0.336 e. The van der Waals surface area contributed by atoms with Gasteiger partial charge in [0.15, 0.2) is 0 Å². The van der Waals surface area contributed by atoms with Crippen LogP contribution in [0.1, 0.15) is 42.9 Å². The van der Waals surface area contributed by atoms with E-state index in [0.717, 1.165) is 42.2 Å². The van der Waals surface area contributed by atoms with Crippen molar-refractivity contribution in [1.82, 2.24) is 14.8 Å². The number of thioether (sulfide) groups is 1. The lowest BCUT2D eigenvalue weighted by Gasteiger charge is -2.36. The monoisotopic (exact) mass is 447 g/mol. The van der Waals surface area contributed by atoms with E-state index in [-0.39, 0.29) is 36.1 Å². The van der Waals surface area contributed by atoms with Gasteiger partial charge in [-0.1, -0.05) is 48.6 Å². The summed E-state index contributed by atoms with van der Waals surface area (Å²) in [4.78, 5) is 45.6. The molecule has 164 valence electrons. The third-order valence-electron chi connectivity index (χ3n) is 5.65. The SMILES string of the molecule is O=C1S/C(=C/C=C/c2ccccc2)C(=O)N1CCC(=O)N1CCCC[C@@H]1c1cccnc1. The molecule has 0 saturated carbocycles. The Bertz CT molecular complexity index is 1040. The Labute approximate surface area is 192 Å². The Morgan fingerprint density at radius 3 is 2.75 bits per heavy atom. The third-order valence-corrected chi connectivity index (χ3v) is 6.58. The van der Waals surface area contributed by atoms with Crippen molar-refractivity contribution >= 4 is 34.9 Å². The van der Waals surface area contributed by atoms with Crippen LogP contribution in [-0.4, -0.2) is 44.9 Å². The van der Waals surface area contributed by atoms with E-state index < -0.39 is 0 Å². The lowest BCUT2D eigenvalue weighted by molar-refractivity contribution is -0.135. The lowest BCUT2D eigenvalue weighted by atomic mass is 9.96. The summed E-state index contributed by atoms with van der Waals surface area (Å²) < 4.78 is 0. The van der Waals surface area contributed by atoms with E-state index in [4.69, 9.17) is 0 Å². The number of amides is 3. The maximum atomic E-state index is 13.0. The Hall–Kier alpha value is -3.19. The number of rotatable bonds is 6. The second-order valence-corrected chi connectivity index (χ2v) is 8.75. The van der Waals surface area contributed by atoms with Crippen molar-refractivity contribution in [2.75, 3.05) is 13.1 Å². The summed E-state index contributed by atoms with van der Waals surface area (Å²) in [5.41, 5.74) is 2.04. The fourth-order valence-corrected chi connectivity index (χ4v) is 4.84. The quantitative estimate of drug-likeness (QED) is 0.594. The van der Waals surface area contributed by atoms with Gasteiger partial charge in [-0.3, -0.25) is 24.3 Å². The highest BCUT2D eigenvalue weighted by Crippen LogP contribution is 2.33. The van der Waals surface area contributed by atoms with Crippen molar-refractivity contribution in [3.05, 3.63) is 83.0 Å². The van der Waals surface area contributed by atoms with Crippen LogP contribution in [0, 0.1) is 0 Å². The molecule has 0 spiro atoms. The smallest absolute Gasteiger partial charge is 0.293 e. The molecule has 32 heavy (non-hydrogen) atoms. The van der Waals surface area contributed by atoms with Crippen LogP contribution >= 0.6 is 11.8 Å². The van der Waals surface area contributed by atoms with Crippen LogP contribution in [0.15, 0.2) is 71.9 Å². The van der Waals surface area contributed by atoms with Crippen LogP contribution in [0.25, 0.3) is 6.08 Å². The highest BCUT2D eigenvalue weighted by molar-refractivity contribution is 8.18. The van der Waals surface area contributed by atoms with E-state index in [9.17, 15) is 14.4 Å². The van der Waals surface area contributed by atoms with Crippen LogP contribution in [0.3, 0.4) is 0 Å². The van der Waals surface area contributed by atoms with Gasteiger partial charge in [-0.15, -0.1) is 0 Å². The molecule has 4 rings (SSSR count). The number of carbonyl (C=O) groups excluding carboxylic acids is 3. The van der Waals surface area contributed by atoms with E-state index in [0.29, 0.717) is 11.4 Å². The number of hydrogen-bond donors (Lipinski definition) is 0. The van der Waals surface area contributed by atoms with Gasteiger partial charge in [0.1, 0.15) is 0 Å². The molecule has 6 nitrogen and oxygen atoms in total. The number of piperidine rings is 1. The molecule has 1 atom stereocenters. The number of imide groups is 1. The molecule has 3 amide bonds. The molecule has 2 aliphatic heterocycles. The maximum absolute atomic E-state index is 13.0. The number of pyridine rings is 1. The molecule has 2 fully saturated rings. The molecule has 0 aliphatic carbocycles. The van der Waals surface area contributed by atoms with Crippen molar-refractivity contribution in [2.24, 2.45) is 0 Å². The highest BCUT2D eigenvalue weighted by atomic mass is 32.2. The zero-order valence-electron chi connectivity index (χ0n) is 17.7. The number of likely N-dealkylation sites (tertiary alicyclic amines) is 1. The van der Waals surface area contributed by atoms with Crippen LogP contribution in [-0.2, 0) is 9.59 Å². The minimum absolute atomic E-state index is 0.00267. The van der Waals surface area contributed by atoms with Gasteiger partial charge < -0.3 is 4.90 Å². The van der Waals surface area contributed by atoms with Gasteiger partial charge >= 0.3 is 0 Å². The summed E-state index contributed by atoms with van der Waals surface area (Å²) in [5.74, 6) is -0.376. The average Bonchev–Trinajstić information content (AvgIpc) is 3.11. The molecular formula is C25H25N3O3S. The van der Waals surface area contributed by atoms with Crippen molar-refractivity contribution in [3.63, 3.8) is 0 Å². The third kappa shape index (κ3) is 5.16. The van der Waals surface area contributed by atoms with Crippen molar-refractivity contribution in [1.29, 1.82) is 0 Å². The molecule has 2 saturated heterocycles. The Morgan fingerprint density at radius 2 is 1.97 bits per heavy atom. The van der Waals surface area contributed by atoms with Crippen LogP contribution in [0.5, 0.6) is 0 Å². The Balaban J connectivity index is 1.37. The van der Waals surface area contributed by atoms with Gasteiger partial charge in [-0.2, -0.15) is 0 Å². The molecule has 2 aromatic rings. The summed E-state index contributed by atoms with van der Waals surface area (Å²) in [6, 6.07) is 13.6. The van der Waals surface area contributed by atoms with Gasteiger partial charge in [0.25, 0.3) is 11.1 Å². The molecule has 0 bridgehead atoms. The summed E-state index contributed by atoms with van der Waals surface area (Å²) in [6.45, 7) is 0.782. The molecule has 0 unspecified atom stereocenters. The first-order valence-electron chi connectivity index (χ1n) is 10.8. The molecule has 1 aromatic heterocycles. The first kappa shape index (κ1) is 22.0. The van der Waals surface area contributed by atoms with Crippen molar-refractivity contribution in [3.8, 4) is 0 Å². The van der Waals surface area contributed by atoms with Gasteiger partial charge in [-0.25, -0.2) is 0 Å². The number of allylic oxidation sites excluding steroid dienone is 2. The van der Waals surface area contributed by atoms with E-state index >= 15 is 0 Å². The molecule has 7 heteroatoms. The molecular weight excluding hydrogens is 422 g/mol. The van der Waals surface area contributed by atoms with Crippen LogP contribution in [0.4, 0.5) is 4.79 Å². The van der Waals surface area contributed by atoms with Crippen molar-refractivity contribution < 1.29 is 14.4 Å². The average molecular weight is 448 g/mol. The second kappa shape index (κ2) is 10.4. The summed E-state index contributed by atoms with van der Waals surface area (Å²) >= 11 is 0.916. The zero-order chi connectivity index (χ0) is 22.3. The molecule has 0 radical (unpaired) electrons. The second-order valence-electron chi connectivity index (χ2n) is 7.76. The fraction of sp³-hybridized carbons (Fsp3) is 0.280. The maximum Gasteiger partial charge on any atom is 0.293 e. The normalized spacial score (nSPS) is 20.5. The first-order chi connectivity index (χ1) is 15.6. The molecule has 1 aromatic carbocycles. The van der Waals surface area contributed by atoms with E-state index in [1.165, 1.54) is 4.90 Å². The van der Waals surface area contributed by atoms with Crippen LogP contribution < -0.4 is 0 Å². The minimum atomic E-state index is -0.340. The fourth-order valence-electron chi connectivity index (χ4n) is 4.02. The summed E-state index contributed by atoms with van der Waals surface area (Å²) in [7, 11) is 0. The van der Waals surface area contributed by atoms with Gasteiger partial charge in [0.2, 0.25) is 5.91 Å². The van der Waals surface area contributed by atoms with E-state index in [1.807, 2.05) is 53.4 Å². The number of carbonyl (C=O) groups is 3. The topological polar surface area (TPSA) is 70.6 Å². The van der Waals surface area contributed by atoms with E-state index in [1.54, 1.807) is 24.5 Å². The summed E-state index contributed by atoms with van der Waals surface area (Å²) in [6.07, 6.45) is 11.9. The Morgan fingerprint density at radius 1 is 1.12 bits per heavy atom.